The van der Waals surface area contributed by atoms with Crippen LogP contribution in [0.2, 0.25) is 0 Å². The molecule has 2 fully saturated rings. The maximum absolute atomic E-state index is 13.6. The smallest absolute Gasteiger partial charge is 0.266 e. The van der Waals surface area contributed by atoms with Crippen molar-refractivity contribution in [1.29, 1.82) is 0 Å². The molecule has 162 valence electrons. The second-order valence-electron chi connectivity index (χ2n) is 7.65. The Balaban J connectivity index is 1.53. The van der Waals surface area contributed by atoms with Gasteiger partial charge >= 0.3 is 0 Å². The van der Waals surface area contributed by atoms with Crippen molar-refractivity contribution in [2.45, 2.75) is 19.1 Å². The minimum Gasteiger partial charge on any atom is -0.494 e. The molecule has 0 spiro atoms. The Hall–Kier alpha value is -3.16. The van der Waals surface area contributed by atoms with E-state index in [4.69, 9.17) is 9.57 Å². The average molecular weight is 493 g/mol. The number of para-hydroxylation sites is 1. The van der Waals surface area contributed by atoms with Crippen LogP contribution in [0.1, 0.15) is 18.5 Å². The number of amides is 2. The Morgan fingerprint density at radius 1 is 0.875 bits per heavy atom. The maximum Gasteiger partial charge on any atom is 0.266 e. The van der Waals surface area contributed by atoms with Gasteiger partial charge in [0, 0.05) is 4.47 Å². The predicted molar refractivity (Wildman–Crippen MR) is 124 cm³/mol. The summed E-state index contributed by atoms with van der Waals surface area (Å²) in [6, 6.07) is 23.8. The predicted octanol–water partition coefficient (Wildman–Crippen LogP) is 4.90. The number of benzene rings is 3. The summed E-state index contributed by atoms with van der Waals surface area (Å²) >= 11 is 3.46. The van der Waals surface area contributed by atoms with Gasteiger partial charge < -0.3 is 4.74 Å². The lowest BCUT2D eigenvalue weighted by Crippen LogP contribution is -2.37. The highest BCUT2D eigenvalue weighted by Crippen LogP contribution is 2.47. The number of carbonyl (C=O) groups is 2. The Labute approximate surface area is 194 Å². The van der Waals surface area contributed by atoms with Crippen molar-refractivity contribution in [3.63, 3.8) is 0 Å². The number of ether oxygens (including phenoxy) is 1. The number of halogens is 1. The van der Waals surface area contributed by atoms with E-state index in [1.807, 2.05) is 61.5 Å². The third-order valence-corrected chi connectivity index (χ3v) is 6.27. The molecule has 2 heterocycles. The molecule has 2 amide bonds. The molecule has 0 bridgehead atoms. The molecule has 0 saturated carbocycles. The first-order chi connectivity index (χ1) is 15.6. The molecule has 0 N–H and O–H groups in total. The molecular weight excluding hydrogens is 472 g/mol. The second-order valence-corrected chi connectivity index (χ2v) is 8.56. The van der Waals surface area contributed by atoms with Gasteiger partial charge in [0.1, 0.15) is 11.7 Å². The molecule has 3 aromatic carbocycles. The van der Waals surface area contributed by atoms with Gasteiger partial charge in [0.15, 0.2) is 6.10 Å². The summed E-state index contributed by atoms with van der Waals surface area (Å²) in [4.78, 5) is 34.3. The van der Waals surface area contributed by atoms with Crippen LogP contribution >= 0.6 is 15.9 Å². The molecule has 0 aliphatic carbocycles. The Morgan fingerprint density at radius 2 is 1.56 bits per heavy atom. The lowest BCUT2D eigenvalue weighted by atomic mass is 9.90. The van der Waals surface area contributed by atoms with Crippen LogP contribution in [0.15, 0.2) is 83.3 Å². The van der Waals surface area contributed by atoms with Crippen molar-refractivity contribution in [1.82, 2.24) is 0 Å². The van der Waals surface area contributed by atoms with Gasteiger partial charge in [0.25, 0.3) is 5.91 Å². The van der Waals surface area contributed by atoms with Crippen LogP contribution in [0.4, 0.5) is 11.4 Å². The third-order valence-electron chi connectivity index (χ3n) is 5.74. The quantitative estimate of drug-likeness (QED) is 0.474. The second kappa shape index (κ2) is 8.41. The van der Waals surface area contributed by atoms with E-state index in [1.54, 1.807) is 29.3 Å². The molecular formula is C25H21BrN2O4. The molecule has 5 rings (SSSR count). The topological polar surface area (TPSA) is 59.1 Å². The molecule has 0 radical (unpaired) electrons. The van der Waals surface area contributed by atoms with Crippen LogP contribution in [-0.4, -0.2) is 24.5 Å². The Morgan fingerprint density at radius 3 is 2.22 bits per heavy atom. The highest BCUT2D eigenvalue weighted by Gasteiger charge is 2.60. The van der Waals surface area contributed by atoms with E-state index in [0.29, 0.717) is 18.0 Å². The normalized spacial score (nSPS) is 22.4. The van der Waals surface area contributed by atoms with Gasteiger partial charge in [-0.15, -0.1) is 0 Å². The van der Waals surface area contributed by atoms with Crippen LogP contribution < -0.4 is 14.7 Å². The van der Waals surface area contributed by atoms with E-state index >= 15 is 0 Å². The van der Waals surface area contributed by atoms with E-state index in [-0.39, 0.29) is 11.8 Å². The fraction of sp³-hybridized carbons (Fsp3) is 0.200. The lowest BCUT2D eigenvalue weighted by Gasteiger charge is -2.28. The van der Waals surface area contributed by atoms with Crippen molar-refractivity contribution >= 4 is 39.1 Å². The average Bonchev–Trinajstić information content (AvgIpc) is 3.32. The first kappa shape index (κ1) is 20.7. The number of fused-ring (bicyclic) bond motifs is 1. The molecule has 6 nitrogen and oxygen atoms in total. The molecule has 32 heavy (non-hydrogen) atoms. The molecule has 2 aliphatic heterocycles. The summed E-state index contributed by atoms with van der Waals surface area (Å²) < 4.78 is 6.41. The number of hydrogen-bond acceptors (Lipinski definition) is 5. The minimum absolute atomic E-state index is 0.268. The van der Waals surface area contributed by atoms with E-state index in [0.717, 1.165) is 15.7 Å². The number of hydroxylamine groups is 1. The molecule has 7 heteroatoms. The van der Waals surface area contributed by atoms with E-state index in [2.05, 4.69) is 15.9 Å². The van der Waals surface area contributed by atoms with Gasteiger partial charge in [-0.2, -0.15) is 0 Å². The van der Waals surface area contributed by atoms with E-state index < -0.39 is 18.1 Å². The van der Waals surface area contributed by atoms with E-state index in [9.17, 15) is 9.59 Å². The first-order valence-corrected chi connectivity index (χ1v) is 11.2. The van der Waals surface area contributed by atoms with Crippen LogP contribution in [-0.2, 0) is 14.4 Å². The summed E-state index contributed by atoms with van der Waals surface area (Å²) in [5.74, 6) is -0.592. The summed E-state index contributed by atoms with van der Waals surface area (Å²) in [6.45, 7) is 2.45. The summed E-state index contributed by atoms with van der Waals surface area (Å²) in [5.41, 5.74) is 2.21. The SMILES string of the molecule is CCOc1ccc(N2C(=O)[C@@H]3[C@H](ON(c4ccccc4)[C@H]3c3ccc(Br)cc3)C2=O)cc1. The number of imide groups is 1. The van der Waals surface area contributed by atoms with Crippen molar-refractivity contribution < 1.29 is 19.2 Å². The largest absolute Gasteiger partial charge is 0.494 e. The minimum atomic E-state index is -0.886. The van der Waals surface area contributed by atoms with Gasteiger partial charge in [0.05, 0.1) is 24.0 Å². The Bertz CT molecular complexity index is 1130. The Kier molecular flexibility index (Phi) is 5.45. The zero-order valence-electron chi connectivity index (χ0n) is 17.4. The number of anilines is 2. The number of carbonyl (C=O) groups excluding carboxylic acids is 2. The zero-order valence-corrected chi connectivity index (χ0v) is 18.9. The van der Waals surface area contributed by atoms with Crippen LogP contribution in [0.25, 0.3) is 0 Å². The molecule has 2 saturated heterocycles. The fourth-order valence-electron chi connectivity index (χ4n) is 4.32. The van der Waals surface area contributed by atoms with Crippen molar-refractivity contribution in [2.75, 3.05) is 16.6 Å². The maximum atomic E-state index is 13.6. The number of hydrogen-bond donors (Lipinski definition) is 0. The molecule has 0 aromatic heterocycles. The summed E-state index contributed by atoms with van der Waals surface area (Å²) in [5, 5.41) is 1.70. The van der Waals surface area contributed by atoms with Crippen molar-refractivity contribution in [3.8, 4) is 5.75 Å². The van der Waals surface area contributed by atoms with E-state index in [1.165, 1.54) is 4.90 Å². The standard InChI is InChI=1S/C25H21BrN2O4/c1-2-31-20-14-12-18(13-15-20)27-24(29)21-22(16-8-10-17(26)11-9-16)28(32-23(21)25(27)30)19-6-4-3-5-7-19/h3-15,21-23H,2H2,1H3/t21-,22-,23-/m0/s1. The third kappa shape index (κ3) is 3.47. The van der Waals surface area contributed by atoms with Gasteiger partial charge in [-0.1, -0.05) is 46.3 Å². The van der Waals surface area contributed by atoms with Gasteiger partial charge in [-0.3, -0.25) is 14.4 Å². The summed E-state index contributed by atoms with van der Waals surface area (Å²) in [7, 11) is 0. The van der Waals surface area contributed by atoms with Crippen molar-refractivity contribution in [2.24, 2.45) is 5.92 Å². The summed E-state index contributed by atoms with van der Waals surface area (Å²) in [6.07, 6.45) is -0.886. The molecule has 3 aromatic rings. The zero-order chi connectivity index (χ0) is 22.2. The molecule has 3 atom stereocenters. The lowest BCUT2D eigenvalue weighted by molar-refractivity contribution is -0.126. The first-order valence-electron chi connectivity index (χ1n) is 10.5. The number of nitrogens with zero attached hydrogens (tertiary/aromatic N) is 2. The highest BCUT2D eigenvalue weighted by atomic mass is 79.9. The highest BCUT2D eigenvalue weighted by molar-refractivity contribution is 9.10. The number of rotatable bonds is 5. The van der Waals surface area contributed by atoms with Gasteiger partial charge in [0.2, 0.25) is 5.91 Å². The van der Waals surface area contributed by atoms with Crippen LogP contribution in [0, 0.1) is 5.92 Å². The van der Waals surface area contributed by atoms with Gasteiger partial charge in [-0.05, 0) is 61.0 Å². The van der Waals surface area contributed by atoms with Gasteiger partial charge in [-0.25, -0.2) is 9.96 Å². The van der Waals surface area contributed by atoms with Crippen LogP contribution in [0.5, 0.6) is 5.75 Å². The molecule has 0 unspecified atom stereocenters. The molecule has 2 aliphatic rings. The fourth-order valence-corrected chi connectivity index (χ4v) is 4.59. The monoisotopic (exact) mass is 492 g/mol. The van der Waals surface area contributed by atoms with Crippen LogP contribution in [0.3, 0.4) is 0 Å². The van der Waals surface area contributed by atoms with Crippen molar-refractivity contribution in [3.05, 3.63) is 88.9 Å².